The van der Waals surface area contributed by atoms with Gasteiger partial charge < -0.3 is 15.1 Å². The highest BCUT2D eigenvalue weighted by Gasteiger charge is 2.53. The molecule has 4 nitrogen and oxygen atoms in total. The first-order valence-corrected chi connectivity index (χ1v) is 5.48. The van der Waals surface area contributed by atoms with Crippen molar-refractivity contribution in [1.82, 2.24) is 15.1 Å². The molecule has 2 saturated heterocycles. The van der Waals surface area contributed by atoms with Crippen LogP contribution in [0.15, 0.2) is 0 Å². The van der Waals surface area contributed by atoms with Gasteiger partial charge in [-0.1, -0.05) is 0 Å². The van der Waals surface area contributed by atoms with Crippen LogP contribution in [-0.2, 0) is 0 Å². The van der Waals surface area contributed by atoms with Gasteiger partial charge in [0.1, 0.15) is 0 Å². The van der Waals surface area contributed by atoms with E-state index in [1.165, 1.54) is 13.1 Å². The minimum absolute atomic E-state index is 0.225. The maximum atomic E-state index is 11.6. The van der Waals surface area contributed by atoms with Crippen LogP contribution in [0.5, 0.6) is 0 Å². The van der Waals surface area contributed by atoms with Crippen LogP contribution in [0.1, 0.15) is 0 Å². The molecule has 2 aliphatic heterocycles. The lowest BCUT2D eigenvalue weighted by Gasteiger charge is -2.16. The molecule has 3 rings (SSSR count). The number of hydrogen-bond donors (Lipinski definition) is 1. The molecule has 2 unspecified atom stereocenters. The predicted molar refractivity (Wildman–Crippen MR) is 52.9 cm³/mol. The fourth-order valence-electron chi connectivity index (χ4n) is 2.94. The zero-order valence-electron chi connectivity index (χ0n) is 8.57. The third kappa shape index (κ3) is 1.13. The number of amides is 2. The van der Waals surface area contributed by atoms with E-state index in [9.17, 15) is 4.79 Å². The number of urea groups is 1. The first-order chi connectivity index (χ1) is 6.77. The molecule has 2 atom stereocenters. The van der Waals surface area contributed by atoms with Gasteiger partial charge in [-0.15, -0.1) is 0 Å². The molecule has 1 N–H and O–H groups in total. The van der Waals surface area contributed by atoms with Crippen LogP contribution >= 0.6 is 0 Å². The van der Waals surface area contributed by atoms with Crippen molar-refractivity contribution >= 4 is 6.03 Å². The Labute approximate surface area is 84.2 Å². The van der Waals surface area contributed by atoms with Gasteiger partial charge in [0.2, 0.25) is 0 Å². The first-order valence-electron chi connectivity index (χ1n) is 5.48. The van der Waals surface area contributed by atoms with Crippen LogP contribution in [0, 0.1) is 17.8 Å². The van der Waals surface area contributed by atoms with Crippen molar-refractivity contribution in [2.24, 2.45) is 17.8 Å². The summed E-state index contributed by atoms with van der Waals surface area (Å²) in [7, 11) is 1.89. The van der Waals surface area contributed by atoms with Crippen molar-refractivity contribution in [3.8, 4) is 0 Å². The van der Waals surface area contributed by atoms with Crippen LogP contribution in [-0.4, -0.2) is 55.6 Å². The fraction of sp³-hybridized carbons (Fsp3) is 0.900. The number of carbonyl (C=O) groups is 1. The molecule has 0 spiro atoms. The molecule has 0 aromatic carbocycles. The SMILES string of the molecule is CN1CCN(CC2C3CNCC32)C1=O. The van der Waals surface area contributed by atoms with E-state index in [1.54, 1.807) is 0 Å². The Morgan fingerprint density at radius 1 is 1.36 bits per heavy atom. The Kier molecular flexibility index (Phi) is 1.74. The fourth-order valence-corrected chi connectivity index (χ4v) is 2.94. The lowest BCUT2D eigenvalue weighted by atomic mass is 10.2. The molecule has 1 saturated carbocycles. The molecular formula is C10H17N3O. The highest BCUT2D eigenvalue weighted by Crippen LogP contribution is 2.49. The molecule has 2 heterocycles. The Bertz CT molecular complexity index is 258. The van der Waals surface area contributed by atoms with E-state index in [-0.39, 0.29) is 6.03 Å². The van der Waals surface area contributed by atoms with E-state index >= 15 is 0 Å². The molecule has 3 fully saturated rings. The molecule has 78 valence electrons. The number of nitrogens with zero attached hydrogens (tertiary/aromatic N) is 2. The number of fused-ring (bicyclic) bond motifs is 1. The summed E-state index contributed by atoms with van der Waals surface area (Å²) in [6, 6.07) is 0.225. The zero-order chi connectivity index (χ0) is 9.71. The van der Waals surface area contributed by atoms with Gasteiger partial charge in [-0.05, 0) is 30.8 Å². The summed E-state index contributed by atoms with van der Waals surface area (Å²) in [6.45, 7) is 5.18. The van der Waals surface area contributed by atoms with Crippen molar-refractivity contribution in [2.45, 2.75) is 0 Å². The molecule has 3 aliphatic rings. The third-order valence-corrected chi connectivity index (χ3v) is 4.00. The number of likely N-dealkylation sites (N-methyl/N-ethyl adjacent to an activating group) is 1. The minimum atomic E-state index is 0.225. The number of nitrogens with one attached hydrogen (secondary N) is 1. The van der Waals surface area contributed by atoms with Crippen LogP contribution in [0.25, 0.3) is 0 Å². The Hall–Kier alpha value is -0.770. The summed E-state index contributed by atoms with van der Waals surface area (Å²) >= 11 is 0. The highest BCUT2D eigenvalue weighted by atomic mass is 16.2. The van der Waals surface area contributed by atoms with Gasteiger partial charge in [-0.2, -0.15) is 0 Å². The molecule has 0 bridgehead atoms. The van der Waals surface area contributed by atoms with Crippen molar-refractivity contribution in [3.63, 3.8) is 0 Å². The highest BCUT2D eigenvalue weighted by molar-refractivity contribution is 5.76. The van der Waals surface area contributed by atoms with E-state index in [0.29, 0.717) is 0 Å². The van der Waals surface area contributed by atoms with Crippen LogP contribution < -0.4 is 5.32 Å². The standard InChI is InChI=1S/C10H17N3O/c1-12-2-3-13(10(12)14)6-9-7-4-11-5-8(7)9/h7-9,11H,2-6H2,1H3. The molecule has 0 aromatic heterocycles. The van der Waals surface area contributed by atoms with Crippen molar-refractivity contribution < 1.29 is 4.79 Å². The van der Waals surface area contributed by atoms with E-state index < -0.39 is 0 Å². The lowest BCUT2D eigenvalue weighted by molar-refractivity contribution is 0.195. The summed E-state index contributed by atoms with van der Waals surface area (Å²) in [6.07, 6.45) is 0. The van der Waals surface area contributed by atoms with Crippen molar-refractivity contribution in [3.05, 3.63) is 0 Å². The predicted octanol–water partition coefficient (Wildman–Crippen LogP) is -0.181. The topological polar surface area (TPSA) is 35.6 Å². The largest absolute Gasteiger partial charge is 0.326 e. The van der Waals surface area contributed by atoms with Gasteiger partial charge in [-0.3, -0.25) is 0 Å². The van der Waals surface area contributed by atoms with Crippen molar-refractivity contribution in [2.75, 3.05) is 39.8 Å². The summed E-state index contributed by atoms with van der Waals surface area (Å²) in [5.41, 5.74) is 0. The second kappa shape index (κ2) is 2.86. The maximum absolute atomic E-state index is 11.6. The number of carbonyl (C=O) groups excluding carboxylic acids is 1. The third-order valence-electron chi connectivity index (χ3n) is 4.00. The summed E-state index contributed by atoms with van der Waals surface area (Å²) in [5, 5.41) is 3.38. The molecule has 0 radical (unpaired) electrons. The van der Waals surface area contributed by atoms with E-state index in [2.05, 4.69) is 5.32 Å². The quantitative estimate of drug-likeness (QED) is 0.663. The first kappa shape index (κ1) is 8.53. The van der Waals surface area contributed by atoms with Gasteiger partial charge in [0.05, 0.1) is 0 Å². The van der Waals surface area contributed by atoms with Crippen LogP contribution in [0.4, 0.5) is 4.79 Å². The van der Waals surface area contributed by atoms with Crippen LogP contribution in [0.2, 0.25) is 0 Å². The second-order valence-corrected chi connectivity index (χ2v) is 4.80. The van der Waals surface area contributed by atoms with Gasteiger partial charge in [0.25, 0.3) is 0 Å². The Morgan fingerprint density at radius 3 is 2.64 bits per heavy atom. The smallest absolute Gasteiger partial charge is 0.319 e. The van der Waals surface area contributed by atoms with Gasteiger partial charge in [0, 0.05) is 26.7 Å². The zero-order valence-corrected chi connectivity index (χ0v) is 8.57. The maximum Gasteiger partial charge on any atom is 0.319 e. The molecule has 2 amide bonds. The summed E-state index contributed by atoms with van der Waals surface area (Å²) in [5.74, 6) is 2.54. The van der Waals surface area contributed by atoms with E-state index in [0.717, 1.165) is 37.4 Å². The second-order valence-electron chi connectivity index (χ2n) is 4.80. The molecule has 14 heavy (non-hydrogen) atoms. The number of rotatable bonds is 2. The lowest BCUT2D eigenvalue weighted by Crippen LogP contribution is -2.32. The molecule has 0 aromatic rings. The van der Waals surface area contributed by atoms with Gasteiger partial charge >= 0.3 is 6.03 Å². The Balaban J connectivity index is 1.56. The van der Waals surface area contributed by atoms with Gasteiger partial charge in [0.15, 0.2) is 0 Å². The molecule has 1 aliphatic carbocycles. The molecular weight excluding hydrogens is 178 g/mol. The minimum Gasteiger partial charge on any atom is -0.326 e. The van der Waals surface area contributed by atoms with Gasteiger partial charge in [-0.25, -0.2) is 4.79 Å². The summed E-state index contributed by atoms with van der Waals surface area (Å²) < 4.78 is 0. The van der Waals surface area contributed by atoms with E-state index in [1.807, 2.05) is 16.8 Å². The monoisotopic (exact) mass is 195 g/mol. The average Bonchev–Trinajstić information content (AvgIpc) is 2.56. The summed E-state index contributed by atoms with van der Waals surface area (Å²) in [4.78, 5) is 15.5. The van der Waals surface area contributed by atoms with Crippen LogP contribution in [0.3, 0.4) is 0 Å². The molecule has 4 heteroatoms. The number of hydrogen-bond acceptors (Lipinski definition) is 2. The van der Waals surface area contributed by atoms with E-state index in [4.69, 9.17) is 0 Å². The Morgan fingerprint density at radius 2 is 2.07 bits per heavy atom. The number of piperidine rings is 1. The average molecular weight is 195 g/mol. The van der Waals surface area contributed by atoms with Crippen molar-refractivity contribution in [1.29, 1.82) is 0 Å². The normalized spacial score (nSPS) is 40.6.